The molecule has 4 heteroatoms. The van der Waals surface area contributed by atoms with Gasteiger partial charge in [-0.3, -0.25) is 4.79 Å². The first-order valence-electron chi connectivity index (χ1n) is 6.07. The summed E-state index contributed by atoms with van der Waals surface area (Å²) in [5.41, 5.74) is 5.54. The van der Waals surface area contributed by atoms with Crippen LogP contribution in [-0.4, -0.2) is 18.0 Å². The van der Waals surface area contributed by atoms with E-state index in [1.54, 1.807) is 0 Å². The number of nitrogens with two attached hydrogens (primary N) is 1. The molecule has 0 radical (unpaired) electrons. The highest BCUT2D eigenvalue weighted by molar-refractivity contribution is 5.85. The van der Waals surface area contributed by atoms with Crippen LogP contribution in [-0.2, 0) is 4.79 Å². The number of hydrogen-bond donors (Lipinski definition) is 2. The zero-order valence-electron chi connectivity index (χ0n) is 11.0. The lowest BCUT2D eigenvalue weighted by Gasteiger charge is -2.32. The Hall–Kier alpha value is -0.280. The van der Waals surface area contributed by atoms with Crippen molar-refractivity contribution in [3.63, 3.8) is 0 Å². The number of carbonyl (C=O) groups excluding carboxylic acids is 1. The standard InChI is InChI=1S/C12H26N2O.ClH/c1-5-8-10(4)11(15)14-12(6-2,7-3)9-13;/h10H,5-9,13H2,1-4H3,(H,14,15);1H. The monoisotopic (exact) mass is 250 g/mol. The Morgan fingerprint density at radius 3 is 2.12 bits per heavy atom. The molecule has 16 heavy (non-hydrogen) atoms. The van der Waals surface area contributed by atoms with E-state index in [-0.39, 0.29) is 29.8 Å². The summed E-state index contributed by atoms with van der Waals surface area (Å²) in [7, 11) is 0. The minimum Gasteiger partial charge on any atom is -0.349 e. The van der Waals surface area contributed by atoms with Gasteiger partial charge in [0.15, 0.2) is 0 Å². The van der Waals surface area contributed by atoms with Gasteiger partial charge in [-0.2, -0.15) is 0 Å². The predicted molar refractivity (Wildman–Crippen MR) is 71.8 cm³/mol. The molecule has 0 rings (SSSR count). The second-order valence-electron chi connectivity index (χ2n) is 4.37. The lowest BCUT2D eigenvalue weighted by atomic mass is 9.91. The maximum Gasteiger partial charge on any atom is 0.223 e. The molecule has 1 amide bonds. The first kappa shape index (κ1) is 18.1. The van der Waals surface area contributed by atoms with Crippen LogP contribution in [0.4, 0.5) is 0 Å². The van der Waals surface area contributed by atoms with Crippen LogP contribution in [0, 0.1) is 5.92 Å². The maximum absolute atomic E-state index is 11.9. The van der Waals surface area contributed by atoms with Crippen molar-refractivity contribution in [2.75, 3.05) is 6.54 Å². The largest absolute Gasteiger partial charge is 0.349 e. The lowest BCUT2D eigenvalue weighted by Crippen LogP contribution is -2.54. The van der Waals surface area contributed by atoms with E-state index < -0.39 is 0 Å². The van der Waals surface area contributed by atoms with Crippen LogP contribution in [0.2, 0.25) is 0 Å². The molecular weight excluding hydrogens is 224 g/mol. The molecular formula is C12H27ClN2O. The first-order chi connectivity index (χ1) is 7.05. The minimum atomic E-state index is -0.195. The highest BCUT2D eigenvalue weighted by Crippen LogP contribution is 2.15. The third-order valence-electron chi connectivity index (χ3n) is 3.30. The summed E-state index contributed by atoms with van der Waals surface area (Å²) in [6.45, 7) is 8.73. The summed E-state index contributed by atoms with van der Waals surface area (Å²) in [5.74, 6) is 0.241. The predicted octanol–water partition coefficient (Wildman–Crippen LogP) is 2.48. The number of hydrogen-bond acceptors (Lipinski definition) is 2. The molecule has 0 spiro atoms. The summed E-state index contributed by atoms with van der Waals surface area (Å²) >= 11 is 0. The minimum absolute atomic E-state index is 0. The van der Waals surface area contributed by atoms with Gasteiger partial charge in [-0.1, -0.05) is 34.1 Å². The fourth-order valence-corrected chi connectivity index (χ4v) is 1.72. The molecule has 3 N–H and O–H groups in total. The van der Waals surface area contributed by atoms with E-state index in [1.807, 2.05) is 6.92 Å². The number of amides is 1. The van der Waals surface area contributed by atoms with E-state index in [0.29, 0.717) is 6.54 Å². The van der Waals surface area contributed by atoms with Gasteiger partial charge in [0.25, 0.3) is 0 Å². The Bertz CT molecular complexity index is 185. The van der Waals surface area contributed by atoms with E-state index in [9.17, 15) is 4.79 Å². The van der Waals surface area contributed by atoms with Gasteiger partial charge in [0, 0.05) is 12.5 Å². The summed E-state index contributed by atoms with van der Waals surface area (Å²) < 4.78 is 0. The summed E-state index contributed by atoms with van der Waals surface area (Å²) in [6.07, 6.45) is 3.78. The Kier molecular flexibility index (Phi) is 9.98. The molecule has 1 unspecified atom stereocenters. The summed E-state index contributed by atoms with van der Waals surface area (Å²) in [6, 6.07) is 0. The van der Waals surface area contributed by atoms with Crippen molar-refractivity contribution in [3.05, 3.63) is 0 Å². The normalized spacial score (nSPS) is 12.8. The van der Waals surface area contributed by atoms with Crippen molar-refractivity contribution in [1.82, 2.24) is 5.32 Å². The van der Waals surface area contributed by atoms with Crippen LogP contribution in [0.25, 0.3) is 0 Å². The summed E-state index contributed by atoms with van der Waals surface area (Å²) in [4.78, 5) is 11.9. The molecule has 0 aromatic carbocycles. The molecule has 0 saturated heterocycles. The smallest absolute Gasteiger partial charge is 0.223 e. The first-order valence-corrected chi connectivity index (χ1v) is 6.07. The van der Waals surface area contributed by atoms with Gasteiger partial charge < -0.3 is 11.1 Å². The fourth-order valence-electron chi connectivity index (χ4n) is 1.72. The third kappa shape index (κ3) is 5.17. The third-order valence-corrected chi connectivity index (χ3v) is 3.30. The van der Waals surface area contributed by atoms with Gasteiger partial charge in [-0.05, 0) is 19.3 Å². The maximum atomic E-state index is 11.9. The lowest BCUT2D eigenvalue weighted by molar-refractivity contribution is -0.126. The van der Waals surface area contributed by atoms with E-state index in [1.165, 1.54) is 0 Å². The van der Waals surface area contributed by atoms with Gasteiger partial charge in [0.05, 0.1) is 5.54 Å². The van der Waals surface area contributed by atoms with Gasteiger partial charge in [0.2, 0.25) is 5.91 Å². The highest BCUT2D eigenvalue weighted by atomic mass is 35.5. The highest BCUT2D eigenvalue weighted by Gasteiger charge is 2.27. The Labute approximate surface area is 106 Å². The van der Waals surface area contributed by atoms with Crippen LogP contribution in [0.5, 0.6) is 0 Å². The average Bonchev–Trinajstić information content (AvgIpc) is 2.26. The van der Waals surface area contributed by atoms with Crippen molar-refractivity contribution < 1.29 is 4.79 Å². The molecule has 0 aromatic rings. The van der Waals surface area contributed by atoms with Gasteiger partial charge >= 0.3 is 0 Å². The van der Waals surface area contributed by atoms with E-state index in [0.717, 1.165) is 25.7 Å². The van der Waals surface area contributed by atoms with Crippen molar-refractivity contribution in [2.45, 2.75) is 58.9 Å². The molecule has 0 aliphatic rings. The van der Waals surface area contributed by atoms with Crippen molar-refractivity contribution >= 4 is 18.3 Å². The topological polar surface area (TPSA) is 55.1 Å². The molecule has 0 aliphatic heterocycles. The molecule has 3 nitrogen and oxygen atoms in total. The van der Waals surface area contributed by atoms with E-state index >= 15 is 0 Å². The number of rotatable bonds is 7. The van der Waals surface area contributed by atoms with Gasteiger partial charge in [-0.15, -0.1) is 12.4 Å². The van der Waals surface area contributed by atoms with Crippen LogP contribution >= 0.6 is 12.4 Å². The quantitative estimate of drug-likeness (QED) is 0.730. The van der Waals surface area contributed by atoms with E-state index in [4.69, 9.17) is 5.73 Å². The molecule has 1 atom stereocenters. The molecule has 0 aliphatic carbocycles. The molecule has 0 saturated carbocycles. The zero-order valence-corrected chi connectivity index (χ0v) is 11.8. The second kappa shape index (κ2) is 8.82. The molecule has 0 bridgehead atoms. The Balaban J connectivity index is 0. The summed E-state index contributed by atoms with van der Waals surface area (Å²) in [5, 5.41) is 3.10. The fraction of sp³-hybridized carbons (Fsp3) is 0.917. The second-order valence-corrected chi connectivity index (χ2v) is 4.37. The van der Waals surface area contributed by atoms with Crippen molar-refractivity contribution in [3.8, 4) is 0 Å². The Morgan fingerprint density at radius 2 is 1.81 bits per heavy atom. The number of carbonyl (C=O) groups is 1. The molecule has 0 heterocycles. The van der Waals surface area contributed by atoms with Gasteiger partial charge in [0.1, 0.15) is 0 Å². The van der Waals surface area contributed by atoms with Crippen LogP contribution in [0.1, 0.15) is 53.4 Å². The molecule has 98 valence electrons. The van der Waals surface area contributed by atoms with Crippen molar-refractivity contribution in [1.29, 1.82) is 0 Å². The number of halogens is 1. The van der Waals surface area contributed by atoms with E-state index in [2.05, 4.69) is 26.1 Å². The van der Waals surface area contributed by atoms with Crippen LogP contribution in [0.15, 0.2) is 0 Å². The van der Waals surface area contributed by atoms with Crippen molar-refractivity contribution in [2.24, 2.45) is 11.7 Å². The SMILES string of the molecule is CCCC(C)C(=O)NC(CC)(CC)CN.Cl. The van der Waals surface area contributed by atoms with Crippen LogP contribution in [0.3, 0.4) is 0 Å². The van der Waals surface area contributed by atoms with Gasteiger partial charge in [-0.25, -0.2) is 0 Å². The Morgan fingerprint density at radius 1 is 1.31 bits per heavy atom. The zero-order chi connectivity index (χ0) is 11.9. The number of nitrogens with one attached hydrogen (secondary N) is 1. The molecule has 0 aromatic heterocycles. The van der Waals surface area contributed by atoms with Crippen LogP contribution < -0.4 is 11.1 Å². The molecule has 0 fully saturated rings. The average molecular weight is 251 g/mol.